The Bertz CT molecular complexity index is 1150. The zero-order chi connectivity index (χ0) is 22.7. The number of aliphatic hydroxyl groups is 1. The van der Waals surface area contributed by atoms with E-state index in [2.05, 4.69) is 10.3 Å². The normalized spacial score (nSPS) is 14.1. The van der Waals surface area contributed by atoms with E-state index in [-0.39, 0.29) is 23.7 Å². The highest BCUT2D eigenvalue weighted by molar-refractivity contribution is 6.04. The molecule has 1 saturated heterocycles. The number of fused-ring (bicyclic) bond motifs is 1. The number of benzene rings is 2. The highest BCUT2D eigenvalue weighted by Crippen LogP contribution is 2.27. The van der Waals surface area contributed by atoms with E-state index in [0.717, 1.165) is 6.07 Å². The number of cyclic esters (lactones) is 1. The van der Waals surface area contributed by atoms with Crippen LogP contribution in [0.25, 0.3) is 11.0 Å². The summed E-state index contributed by atoms with van der Waals surface area (Å²) in [5, 5.41) is 11.9. The first kappa shape index (κ1) is 21.7. The summed E-state index contributed by atoms with van der Waals surface area (Å²) in [6.07, 6.45) is -1.97. The summed E-state index contributed by atoms with van der Waals surface area (Å²) in [4.78, 5) is 30.8. The molecule has 2 aromatic carbocycles. The second-order valence-electron chi connectivity index (χ2n) is 7.34. The quantitative estimate of drug-likeness (QED) is 0.575. The Kier molecular flexibility index (Phi) is 6.31. The minimum atomic E-state index is -2.68. The van der Waals surface area contributed by atoms with Crippen LogP contribution in [0.5, 0.6) is 0 Å². The number of hydrogen-bond donors (Lipinski definition) is 2. The van der Waals surface area contributed by atoms with Gasteiger partial charge in [-0.2, -0.15) is 0 Å². The van der Waals surface area contributed by atoms with Gasteiger partial charge in [0.1, 0.15) is 0 Å². The highest BCUT2D eigenvalue weighted by atomic mass is 19.3. The van der Waals surface area contributed by atoms with Crippen molar-refractivity contribution in [2.45, 2.75) is 25.8 Å². The standard InChI is InChI=1S/C22H22F2N4O4/c23-19(24)14-4-1-5-15(12-14)20(30)26-21-25-17-13-16(27-9-3-11-32-22(27)31)6-7-18(17)28(21)8-2-10-29/h1,4-7,12-13,19,29H,2-3,8-11H2,(H,25,26,30). The van der Waals surface area contributed by atoms with E-state index >= 15 is 0 Å². The summed E-state index contributed by atoms with van der Waals surface area (Å²) in [7, 11) is 0. The largest absolute Gasteiger partial charge is 0.449 e. The van der Waals surface area contributed by atoms with Gasteiger partial charge in [-0.05, 0) is 43.2 Å². The number of aryl methyl sites for hydroxylation is 1. The molecule has 3 aromatic rings. The Labute approximate surface area is 182 Å². The van der Waals surface area contributed by atoms with Crippen molar-refractivity contribution in [2.75, 3.05) is 30.0 Å². The molecule has 1 aliphatic heterocycles. The lowest BCUT2D eigenvalue weighted by Crippen LogP contribution is -2.37. The van der Waals surface area contributed by atoms with Crippen LogP contribution < -0.4 is 10.2 Å². The van der Waals surface area contributed by atoms with E-state index < -0.39 is 18.4 Å². The van der Waals surface area contributed by atoms with Gasteiger partial charge in [-0.1, -0.05) is 12.1 Å². The van der Waals surface area contributed by atoms with Crippen molar-refractivity contribution in [3.05, 3.63) is 53.6 Å². The maximum atomic E-state index is 13.0. The van der Waals surface area contributed by atoms with Gasteiger partial charge in [-0.15, -0.1) is 0 Å². The molecule has 1 fully saturated rings. The fourth-order valence-electron chi connectivity index (χ4n) is 3.61. The number of carbonyl (C=O) groups excluding carboxylic acids is 2. The van der Waals surface area contributed by atoms with Crippen LogP contribution in [0.2, 0.25) is 0 Å². The van der Waals surface area contributed by atoms with Crippen LogP contribution in [0.1, 0.15) is 35.2 Å². The third-order valence-electron chi connectivity index (χ3n) is 5.18. The van der Waals surface area contributed by atoms with Gasteiger partial charge in [0.15, 0.2) is 0 Å². The summed E-state index contributed by atoms with van der Waals surface area (Å²) < 4.78 is 32.8. The van der Waals surface area contributed by atoms with Gasteiger partial charge >= 0.3 is 6.09 Å². The van der Waals surface area contributed by atoms with E-state index in [4.69, 9.17) is 4.74 Å². The minimum absolute atomic E-state index is 0.0544. The number of amides is 2. The molecule has 0 atom stereocenters. The molecule has 0 unspecified atom stereocenters. The average Bonchev–Trinajstić information content (AvgIpc) is 3.14. The van der Waals surface area contributed by atoms with Crippen LogP contribution in [-0.2, 0) is 11.3 Å². The first-order valence-electron chi connectivity index (χ1n) is 10.2. The van der Waals surface area contributed by atoms with Crippen molar-refractivity contribution in [3.8, 4) is 0 Å². The maximum Gasteiger partial charge on any atom is 0.414 e. The van der Waals surface area contributed by atoms with E-state index in [1.54, 1.807) is 22.8 Å². The van der Waals surface area contributed by atoms with Crippen molar-refractivity contribution in [1.29, 1.82) is 0 Å². The minimum Gasteiger partial charge on any atom is -0.449 e. The fraction of sp³-hybridized carbons (Fsp3) is 0.318. The molecule has 4 rings (SSSR count). The number of ether oxygens (including phenoxy) is 1. The Morgan fingerprint density at radius 2 is 2.09 bits per heavy atom. The summed E-state index contributed by atoms with van der Waals surface area (Å²) >= 11 is 0. The molecule has 10 heteroatoms. The molecule has 1 aliphatic rings. The zero-order valence-electron chi connectivity index (χ0n) is 17.1. The molecule has 2 amide bonds. The number of nitrogens with one attached hydrogen (secondary N) is 1. The summed E-state index contributed by atoms with van der Waals surface area (Å²) in [5.41, 5.74) is 1.70. The van der Waals surface area contributed by atoms with Gasteiger partial charge in [-0.25, -0.2) is 18.6 Å². The molecular formula is C22H22F2N4O4. The number of halogens is 2. The van der Waals surface area contributed by atoms with Crippen molar-refractivity contribution in [1.82, 2.24) is 9.55 Å². The molecule has 0 spiro atoms. The van der Waals surface area contributed by atoms with Gasteiger partial charge in [0.2, 0.25) is 5.95 Å². The molecule has 1 aromatic heterocycles. The van der Waals surface area contributed by atoms with Crippen molar-refractivity contribution >= 4 is 34.7 Å². The molecule has 32 heavy (non-hydrogen) atoms. The van der Waals surface area contributed by atoms with Crippen molar-refractivity contribution < 1.29 is 28.2 Å². The molecule has 2 heterocycles. The number of carbonyl (C=O) groups is 2. The number of hydrogen-bond acceptors (Lipinski definition) is 5. The van der Waals surface area contributed by atoms with Gasteiger partial charge < -0.3 is 14.4 Å². The average molecular weight is 444 g/mol. The Morgan fingerprint density at radius 1 is 1.25 bits per heavy atom. The molecule has 2 N–H and O–H groups in total. The fourth-order valence-corrected chi connectivity index (χ4v) is 3.61. The monoisotopic (exact) mass is 444 g/mol. The second kappa shape index (κ2) is 9.31. The van der Waals surface area contributed by atoms with Crippen LogP contribution in [0, 0.1) is 0 Å². The molecule has 168 valence electrons. The number of anilines is 2. The maximum absolute atomic E-state index is 13.0. The first-order chi connectivity index (χ1) is 15.5. The molecule has 8 nitrogen and oxygen atoms in total. The van der Waals surface area contributed by atoms with Crippen molar-refractivity contribution in [2.24, 2.45) is 0 Å². The Balaban J connectivity index is 1.67. The van der Waals surface area contributed by atoms with E-state index in [9.17, 15) is 23.5 Å². The third kappa shape index (κ3) is 4.40. The summed E-state index contributed by atoms with van der Waals surface area (Å²) in [6, 6.07) is 10.5. The van der Waals surface area contributed by atoms with Crippen molar-refractivity contribution in [3.63, 3.8) is 0 Å². The Morgan fingerprint density at radius 3 is 2.84 bits per heavy atom. The lowest BCUT2D eigenvalue weighted by atomic mass is 10.1. The molecule has 0 bridgehead atoms. The molecule has 0 saturated carbocycles. The highest BCUT2D eigenvalue weighted by Gasteiger charge is 2.23. The predicted molar refractivity (Wildman–Crippen MR) is 114 cm³/mol. The van der Waals surface area contributed by atoms with Gasteiger partial charge in [0, 0.05) is 36.5 Å². The number of aromatic nitrogens is 2. The van der Waals surface area contributed by atoms with Gasteiger partial charge in [0.05, 0.1) is 17.6 Å². The second-order valence-corrected chi connectivity index (χ2v) is 7.34. The van der Waals surface area contributed by atoms with Crippen LogP contribution in [-0.4, -0.2) is 46.4 Å². The third-order valence-corrected chi connectivity index (χ3v) is 5.18. The molecule has 0 aliphatic carbocycles. The first-order valence-corrected chi connectivity index (χ1v) is 10.2. The number of rotatable bonds is 7. The summed E-state index contributed by atoms with van der Waals surface area (Å²) in [6.45, 7) is 1.24. The van der Waals surface area contributed by atoms with E-state index in [1.165, 1.54) is 23.1 Å². The summed E-state index contributed by atoms with van der Waals surface area (Å²) in [5.74, 6) is -0.354. The number of aliphatic hydroxyl groups excluding tert-OH is 1. The van der Waals surface area contributed by atoms with Crippen LogP contribution in [0.3, 0.4) is 0 Å². The molecule has 0 radical (unpaired) electrons. The van der Waals surface area contributed by atoms with Gasteiger partial charge in [-0.3, -0.25) is 15.0 Å². The van der Waals surface area contributed by atoms with E-state index in [0.29, 0.717) is 49.3 Å². The van der Waals surface area contributed by atoms with Crippen LogP contribution in [0.4, 0.5) is 25.2 Å². The van der Waals surface area contributed by atoms with Crippen LogP contribution >= 0.6 is 0 Å². The number of nitrogens with zero attached hydrogens (tertiary/aromatic N) is 3. The SMILES string of the molecule is O=C(Nc1nc2cc(N3CCCOC3=O)ccc2n1CCCO)c1cccc(C(F)F)c1. The lowest BCUT2D eigenvalue weighted by molar-refractivity contribution is 0.102. The number of alkyl halides is 2. The topological polar surface area (TPSA) is 96.7 Å². The van der Waals surface area contributed by atoms with Crippen LogP contribution in [0.15, 0.2) is 42.5 Å². The predicted octanol–water partition coefficient (Wildman–Crippen LogP) is 3.96. The number of imidazole rings is 1. The smallest absolute Gasteiger partial charge is 0.414 e. The lowest BCUT2D eigenvalue weighted by Gasteiger charge is -2.26. The van der Waals surface area contributed by atoms with E-state index in [1.807, 2.05) is 0 Å². The Hall–Kier alpha value is -3.53. The van der Waals surface area contributed by atoms with Gasteiger partial charge in [0.25, 0.3) is 12.3 Å². The molecular weight excluding hydrogens is 422 g/mol. The zero-order valence-corrected chi connectivity index (χ0v) is 17.1.